The lowest BCUT2D eigenvalue weighted by molar-refractivity contribution is -0.135. The number of carbonyl (C=O) groups excluding carboxylic acids is 2. The maximum Gasteiger partial charge on any atom is 0.244 e. The molecule has 1 aromatic heterocycles. The largest absolute Gasteiger partial charge is 0.341 e. The van der Waals surface area contributed by atoms with Crippen LogP contribution in [0.25, 0.3) is 0 Å². The number of nitrogens with two attached hydrogens (primary N) is 1. The molecule has 3 rings (SSSR count). The van der Waals surface area contributed by atoms with E-state index in [2.05, 4.69) is 26.2 Å². The minimum Gasteiger partial charge on any atom is -0.341 e. The van der Waals surface area contributed by atoms with Crippen molar-refractivity contribution in [3.63, 3.8) is 0 Å². The van der Waals surface area contributed by atoms with Gasteiger partial charge in [-0.2, -0.15) is 0 Å². The van der Waals surface area contributed by atoms with E-state index >= 15 is 0 Å². The van der Waals surface area contributed by atoms with Crippen LogP contribution in [0.2, 0.25) is 0 Å². The molecule has 1 aliphatic heterocycles. The molecule has 1 aromatic carbocycles. The molecule has 6 nitrogen and oxygen atoms in total. The molecule has 1 unspecified atom stereocenters. The summed E-state index contributed by atoms with van der Waals surface area (Å²) in [5, 5.41) is 2.90. The first-order chi connectivity index (χ1) is 12.5. The third-order valence-electron chi connectivity index (χ3n) is 4.62. The van der Waals surface area contributed by atoms with Gasteiger partial charge in [0.2, 0.25) is 11.8 Å². The van der Waals surface area contributed by atoms with Gasteiger partial charge in [0.15, 0.2) is 0 Å². The van der Waals surface area contributed by atoms with Crippen molar-refractivity contribution >= 4 is 33.4 Å². The number of halogens is 1. The molecule has 1 fully saturated rings. The fraction of sp³-hybridized carbons (Fsp3) is 0.316. The van der Waals surface area contributed by atoms with Crippen molar-refractivity contribution in [3.8, 4) is 0 Å². The first-order valence-corrected chi connectivity index (χ1v) is 9.34. The maximum atomic E-state index is 12.6. The van der Waals surface area contributed by atoms with Crippen LogP contribution in [0.5, 0.6) is 0 Å². The number of nitrogens with one attached hydrogen (secondary N) is 1. The first kappa shape index (κ1) is 18.5. The van der Waals surface area contributed by atoms with Crippen molar-refractivity contribution in [2.24, 2.45) is 11.7 Å². The lowest BCUT2D eigenvalue weighted by Crippen LogP contribution is -2.45. The fourth-order valence-electron chi connectivity index (χ4n) is 3.05. The molecule has 0 spiro atoms. The van der Waals surface area contributed by atoms with Gasteiger partial charge >= 0.3 is 0 Å². The number of likely N-dealkylation sites (tertiary alicyclic amines) is 1. The molecule has 0 radical (unpaired) electrons. The van der Waals surface area contributed by atoms with E-state index in [9.17, 15) is 9.59 Å². The molecule has 3 N–H and O–H groups in total. The first-order valence-electron chi connectivity index (χ1n) is 8.55. The van der Waals surface area contributed by atoms with Crippen molar-refractivity contribution in [1.29, 1.82) is 0 Å². The van der Waals surface area contributed by atoms with Crippen molar-refractivity contribution in [2.45, 2.75) is 18.9 Å². The molecule has 136 valence electrons. The van der Waals surface area contributed by atoms with Crippen molar-refractivity contribution in [1.82, 2.24) is 9.88 Å². The Kier molecular flexibility index (Phi) is 6.00. The van der Waals surface area contributed by atoms with Gasteiger partial charge in [-0.1, -0.05) is 28.1 Å². The molecule has 2 heterocycles. The maximum absolute atomic E-state index is 12.6. The molecule has 2 amide bonds. The standard InChI is InChI=1S/C19H21BrN4O2/c20-15-3-1-13(2-4-15)17(21)19(26)24-11-7-14(8-12-24)18(25)23-16-5-9-22-10-6-16/h1-6,9-10,14,17H,7-8,11-12,21H2,(H,22,23,25). The van der Waals surface area contributed by atoms with Crippen molar-refractivity contribution in [3.05, 3.63) is 58.8 Å². The van der Waals surface area contributed by atoms with Crippen LogP contribution in [0, 0.1) is 5.92 Å². The van der Waals surface area contributed by atoms with Gasteiger partial charge in [-0.25, -0.2) is 0 Å². The Morgan fingerprint density at radius 2 is 1.73 bits per heavy atom. The molecule has 7 heteroatoms. The molecular formula is C19H21BrN4O2. The second kappa shape index (κ2) is 8.42. The number of amides is 2. The molecule has 2 aromatic rings. The predicted molar refractivity (Wildman–Crippen MR) is 103 cm³/mol. The Hall–Kier alpha value is -2.25. The third kappa shape index (κ3) is 4.47. The molecule has 1 saturated heterocycles. The zero-order chi connectivity index (χ0) is 18.5. The van der Waals surface area contributed by atoms with Crippen LogP contribution < -0.4 is 11.1 Å². The van der Waals surface area contributed by atoms with Gasteiger partial charge in [-0.3, -0.25) is 14.6 Å². The Morgan fingerprint density at radius 1 is 1.12 bits per heavy atom. The number of rotatable bonds is 4. The van der Waals surface area contributed by atoms with Gasteiger partial charge in [0.1, 0.15) is 6.04 Å². The second-order valence-electron chi connectivity index (χ2n) is 6.35. The van der Waals surface area contributed by atoms with Gasteiger partial charge < -0.3 is 16.0 Å². The number of aromatic nitrogens is 1. The van der Waals surface area contributed by atoms with E-state index in [-0.39, 0.29) is 17.7 Å². The summed E-state index contributed by atoms with van der Waals surface area (Å²) in [7, 11) is 0. The minimum atomic E-state index is -0.676. The Labute approximate surface area is 160 Å². The molecule has 0 aliphatic carbocycles. The number of piperidine rings is 1. The van der Waals surface area contributed by atoms with Crippen LogP contribution in [0.3, 0.4) is 0 Å². The van der Waals surface area contributed by atoms with E-state index in [1.54, 1.807) is 29.4 Å². The zero-order valence-electron chi connectivity index (χ0n) is 14.3. The van der Waals surface area contributed by atoms with E-state index in [1.807, 2.05) is 24.3 Å². The van der Waals surface area contributed by atoms with Gasteiger partial charge in [-0.15, -0.1) is 0 Å². The number of hydrogen-bond donors (Lipinski definition) is 2. The minimum absolute atomic E-state index is 0.0134. The predicted octanol–water partition coefficient (Wildman–Crippen LogP) is 2.72. The molecule has 1 atom stereocenters. The number of pyridine rings is 1. The summed E-state index contributed by atoms with van der Waals surface area (Å²) in [5.74, 6) is -0.211. The van der Waals surface area contributed by atoms with Crippen LogP contribution in [0.4, 0.5) is 5.69 Å². The second-order valence-corrected chi connectivity index (χ2v) is 7.27. The van der Waals surface area contributed by atoms with Crippen LogP contribution in [-0.2, 0) is 9.59 Å². The number of anilines is 1. The Balaban J connectivity index is 1.53. The molecule has 0 bridgehead atoms. The highest BCUT2D eigenvalue weighted by molar-refractivity contribution is 9.10. The van der Waals surface area contributed by atoms with Gasteiger partial charge in [-0.05, 0) is 42.7 Å². The summed E-state index contributed by atoms with van der Waals surface area (Å²) >= 11 is 3.37. The van der Waals surface area contributed by atoms with Gasteiger partial charge in [0.05, 0.1) is 0 Å². The number of hydrogen-bond acceptors (Lipinski definition) is 4. The summed E-state index contributed by atoms with van der Waals surface area (Å²) in [6.07, 6.45) is 4.55. The van der Waals surface area contributed by atoms with Gasteiger partial charge in [0, 0.05) is 41.6 Å². The fourth-order valence-corrected chi connectivity index (χ4v) is 3.32. The summed E-state index contributed by atoms with van der Waals surface area (Å²) in [6.45, 7) is 1.08. The summed E-state index contributed by atoms with van der Waals surface area (Å²) in [4.78, 5) is 30.7. The number of benzene rings is 1. The normalized spacial score (nSPS) is 16.2. The lowest BCUT2D eigenvalue weighted by Gasteiger charge is -2.33. The number of nitrogens with zero attached hydrogens (tertiary/aromatic N) is 2. The van der Waals surface area contributed by atoms with E-state index in [0.717, 1.165) is 15.7 Å². The highest BCUT2D eigenvalue weighted by atomic mass is 79.9. The molecular weight excluding hydrogens is 396 g/mol. The molecule has 26 heavy (non-hydrogen) atoms. The van der Waals surface area contributed by atoms with Crippen LogP contribution in [0.1, 0.15) is 24.4 Å². The number of carbonyl (C=O) groups is 2. The highest BCUT2D eigenvalue weighted by Crippen LogP contribution is 2.23. The monoisotopic (exact) mass is 416 g/mol. The third-order valence-corrected chi connectivity index (χ3v) is 5.15. The molecule has 0 saturated carbocycles. The van der Waals surface area contributed by atoms with E-state index in [4.69, 9.17) is 5.73 Å². The van der Waals surface area contributed by atoms with Gasteiger partial charge in [0.25, 0.3) is 0 Å². The van der Waals surface area contributed by atoms with Crippen molar-refractivity contribution in [2.75, 3.05) is 18.4 Å². The zero-order valence-corrected chi connectivity index (χ0v) is 15.9. The van der Waals surface area contributed by atoms with Crippen molar-refractivity contribution < 1.29 is 9.59 Å². The van der Waals surface area contributed by atoms with Crippen LogP contribution in [0.15, 0.2) is 53.3 Å². The van der Waals surface area contributed by atoms with E-state index in [0.29, 0.717) is 25.9 Å². The smallest absolute Gasteiger partial charge is 0.244 e. The summed E-state index contributed by atoms with van der Waals surface area (Å²) in [5.41, 5.74) is 7.65. The van der Waals surface area contributed by atoms with E-state index in [1.165, 1.54) is 0 Å². The topological polar surface area (TPSA) is 88.3 Å². The average molecular weight is 417 g/mol. The Bertz CT molecular complexity index is 759. The Morgan fingerprint density at radius 3 is 2.35 bits per heavy atom. The summed E-state index contributed by atoms with van der Waals surface area (Å²) in [6, 6.07) is 10.3. The van der Waals surface area contributed by atoms with Crippen LogP contribution >= 0.6 is 15.9 Å². The lowest BCUT2D eigenvalue weighted by atomic mass is 9.95. The SMILES string of the molecule is NC(C(=O)N1CCC(C(=O)Nc2ccncc2)CC1)c1ccc(Br)cc1. The van der Waals surface area contributed by atoms with E-state index < -0.39 is 6.04 Å². The highest BCUT2D eigenvalue weighted by Gasteiger charge is 2.30. The quantitative estimate of drug-likeness (QED) is 0.801. The van der Waals surface area contributed by atoms with Crippen LogP contribution in [-0.4, -0.2) is 34.8 Å². The molecule has 1 aliphatic rings. The summed E-state index contributed by atoms with van der Waals surface area (Å²) < 4.78 is 0.946. The average Bonchev–Trinajstić information content (AvgIpc) is 2.68.